The Morgan fingerprint density at radius 3 is 1.95 bits per heavy atom. The van der Waals surface area contributed by atoms with Gasteiger partial charge in [-0.1, -0.05) is 17.7 Å². The first-order valence-electron chi connectivity index (χ1n) is 6.45. The molecule has 1 rings (SSSR count). The van der Waals surface area contributed by atoms with E-state index in [1.165, 1.54) is 0 Å². The van der Waals surface area contributed by atoms with Crippen LogP contribution in [0.1, 0.15) is 16.7 Å². The van der Waals surface area contributed by atoms with E-state index in [1.54, 1.807) is 14.2 Å². The van der Waals surface area contributed by atoms with Crippen molar-refractivity contribution in [2.45, 2.75) is 20.1 Å². The van der Waals surface area contributed by atoms with Gasteiger partial charge in [0.2, 0.25) is 0 Å². The van der Waals surface area contributed by atoms with Gasteiger partial charge in [0, 0.05) is 25.3 Å². The van der Waals surface area contributed by atoms with Crippen LogP contribution in [0.3, 0.4) is 0 Å². The van der Waals surface area contributed by atoms with Crippen molar-refractivity contribution in [1.82, 2.24) is 0 Å². The van der Waals surface area contributed by atoms with Crippen molar-refractivity contribution in [3.63, 3.8) is 0 Å². The second-order valence-electron chi connectivity index (χ2n) is 4.65. The van der Waals surface area contributed by atoms with Crippen LogP contribution in [0.5, 0.6) is 5.75 Å². The minimum atomic E-state index is -3.46. The van der Waals surface area contributed by atoms with Crippen LogP contribution < -0.4 is 4.74 Å². The predicted molar refractivity (Wildman–Crippen MR) is 78.9 cm³/mol. The summed E-state index contributed by atoms with van der Waals surface area (Å²) in [5, 5.41) is 0. The molecule has 0 fully saturated rings. The van der Waals surface area contributed by atoms with E-state index in [9.17, 15) is 8.42 Å². The summed E-state index contributed by atoms with van der Waals surface area (Å²) in [6.07, 6.45) is 1.01. The minimum Gasteiger partial charge on any atom is -0.490 e. The van der Waals surface area contributed by atoms with E-state index in [4.69, 9.17) is 14.2 Å². The number of methoxy groups -OCH3 is 2. The SMILES string of the molecule is COCc1cc(C)cc(COC)c1OCCOS(C)(=O)=O. The third-order valence-corrected chi connectivity index (χ3v) is 3.21. The van der Waals surface area contributed by atoms with E-state index in [1.807, 2.05) is 19.1 Å². The van der Waals surface area contributed by atoms with E-state index in [0.29, 0.717) is 19.0 Å². The lowest BCUT2D eigenvalue weighted by Gasteiger charge is -2.16. The van der Waals surface area contributed by atoms with Crippen LogP contribution in [0.4, 0.5) is 0 Å². The average Bonchev–Trinajstić information content (AvgIpc) is 2.36. The van der Waals surface area contributed by atoms with Crippen LogP contribution in [-0.4, -0.2) is 42.1 Å². The Morgan fingerprint density at radius 2 is 1.52 bits per heavy atom. The maximum absolute atomic E-state index is 10.9. The fourth-order valence-electron chi connectivity index (χ4n) is 1.97. The summed E-state index contributed by atoms with van der Waals surface area (Å²) in [6, 6.07) is 3.94. The molecule has 0 saturated heterocycles. The molecule has 0 amide bonds. The molecule has 0 radical (unpaired) electrons. The van der Waals surface area contributed by atoms with Crippen LogP contribution >= 0.6 is 0 Å². The quantitative estimate of drug-likeness (QED) is 0.509. The molecule has 0 atom stereocenters. The zero-order chi connectivity index (χ0) is 15.9. The standard InChI is InChI=1S/C14H22O6S/c1-11-7-12(9-17-2)14(13(8-11)10-18-3)19-5-6-20-21(4,15)16/h7-8H,5-6,9-10H2,1-4H3. The number of ether oxygens (including phenoxy) is 3. The van der Waals surface area contributed by atoms with Crippen molar-refractivity contribution in [1.29, 1.82) is 0 Å². The zero-order valence-electron chi connectivity index (χ0n) is 12.8. The molecule has 1 aromatic carbocycles. The van der Waals surface area contributed by atoms with E-state index >= 15 is 0 Å². The van der Waals surface area contributed by atoms with Crippen molar-refractivity contribution in [3.05, 3.63) is 28.8 Å². The molecule has 0 spiro atoms. The van der Waals surface area contributed by atoms with Gasteiger partial charge in [0.25, 0.3) is 10.1 Å². The molecule has 0 unspecified atom stereocenters. The third kappa shape index (κ3) is 6.43. The van der Waals surface area contributed by atoms with Crippen LogP contribution in [-0.2, 0) is 37.0 Å². The maximum Gasteiger partial charge on any atom is 0.264 e. The first kappa shape index (κ1) is 17.9. The number of rotatable bonds is 9. The Labute approximate surface area is 126 Å². The second kappa shape index (κ2) is 8.33. The predicted octanol–water partition coefficient (Wildman–Crippen LogP) is 1.64. The number of benzene rings is 1. The first-order chi connectivity index (χ1) is 9.87. The summed E-state index contributed by atoms with van der Waals surface area (Å²) in [7, 11) is -0.243. The molecule has 1 aromatic rings. The topological polar surface area (TPSA) is 71.1 Å². The summed E-state index contributed by atoms with van der Waals surface area (Å²) < 4.78 is 42.5. The van der Waals surface area contributed by atoms with Gasteiger partial charge in [-0.3, -0.25) is 4.18 Å². The van der Waals surface area contributed by atoms with Gasteiger partial charge in [-0.2, -0.15) is 8.42 Å². The van der Waals surface area contributed by atoms with Crippen molar-refractivity contribution in [2.24, 2.45) is 0 Å². The summed E-state index contributed by atoms with van der Waals surface area (Å²) in [5.41, 5.74) is 2.86. The highest BCUT2D eigenvalue weighted by Gasteiger charge is 2.12. The van der Waals surface area contributed by atoms with Gasteiger partial charge in [0.15, 0.2) is 0 Å². The molecule has 0 saturated carbocycles. The van der Waals surface area contributed by atoms with Gasteiger partial charge < -0.3 is 14.2 Å². The zero-order valence-corrected chi connectivity index (χ0v) is 13.7. The Hall–Kier alpha value is -1.15. The van der Waals surface area contributed by atoms with Gasteiger partial charge in [-0.25, -0.2) is 0 Å². The van der Waals surface area contributed by atoms with E-state index < -0.39 is 10.1 Å². The summed E-state index contributed by atoms with van der Waals surface area (Å²) in [6.45, 7) is 2.88. The summed E-state index contributed by atoms with van der Waals surface area (Å²) in [5.74, 6) is 0.654. The maximum atomic E-state index is 10.9. The van der Waals surface area contributed by atoms with Crippen LogP contribution in [0.2, 0.25) is 0 Å². The lowest BCUT2D eigenvalue weighted by Crippen LogP contribution is -2.13. The molecule has 6 nitrogen and oxygen atoms in total. The highest BCUT2D eigenvalue weighted by atomic mass is 32.2. The van der Waals surface area contributed by atoms with Gasteiger partial charge >= 0.3 is 0 Å². The highest BCUT2D eigenvalue weighted by Crippen LogP contribution is 2.27. The monoisotopic (exact) mass is 318 g/mol. The van der Waals surface area contributed by atoms with Crippen molar-refractivity contribution < 1.29 is 26.8 Å². The lowest BCUT2D eigenvalue weighted by molar-refractivity contribution is 0.164. The van der Waals surface area contributed by atoms with Gasteiger partial charge in [0.1, 0.15) is 19.0 Å². The molecular weight excluding hydrogens is 296 g/mol. The molecule has 0 N–H and O–H groups in total. The Morgan fingerprint density at radius 1 is 1.00 bits per heavy atom. The van der Waals surface area contributed by atoms with Crippen molar-refractivity contribution in [3.8, 4) is 5.75 Å². The normalized spacial score (nSPS) is 11.6. The van der Waals surface area contributed by atoms with Crippen LogP contribution in [0.15, 0.2) is 12.1 Å². The van der Waals surface area contributed by atoms with Crippen LogP contribution in [0, 0.1) is 6.92 Å². The summed E-state index contributed by atoms with van der Waals surface area (Å²) in [4.78, 5) is 0. The molecule has 120 valence electrons. The molecule has 0 aliphatic rings. The fraction of sp³-hybridized carbons (Fsp3) is 0.571. The molecule has 7 heteroatoms. The molecular formula is C14H22O6S. The second-order valence-corrected chi connectivity index (χ2v) is 6.30. The number of hydrogen-bond acceptors (Lipinski definition) is 6. The largest absolute Gasteiger partial charge is 0.490 e. The van der Waals surface area contributed by atoms with Gasteiger partial charge in [-0.05, 0) is 6.92 Å². The highest BCUT2D eigenvalue weighted by molar-refractivity contribution is 7.85. The Kier molecular flexibility index (Phi) is 7.10. The van der Waals surface area contributed by atoms with E-state index in [2.05, 4.69) is 4.18 Å². The molecule has 0 aliphatic carbocycles. The Bertz CT molecular complexity index is 526. The summed E-state index contributed by atoms with van der Waals surface area (Å²) >= 11 is 0. The Balaban J connectivity index is 2.85. The molecule has 0 aromatic heterocycles. The van der Waals surface area contributed by atoms with Gasteiger partial charge in [0.05, 0.1) is 19.5 Å². The number of aryl methyl sites for hydroxylation is 1. The smallest absolute Gasteiger partial charge is 0.264 e. The van der Waals surface area contributed by atoms with E-state index in [0.717, 1.165) is 22.9 Å². The first-order valence-corrected chi connectivity index (χ1v) is 8.26. The lowest BCUT2D eigenvalue weighted by atomic mass is 10.1. The fourth-order valence-corrected chi connectivity index (χ4v) is 2.34. The van der Waals surface area contributed by atoms with E-state index in [-0.39, 0.29) is 13.2 Å². The third-order valence-electron chi connectivity index (χ3n) is 2.61. The average molecular weight is 318 g/mol. The molecule has 21 heavy (non-hydrogen) atoms. The molecule has 0 heterocycles. The minimum absolute atomic E-state index is 0.0362. The number of hydrogen-bond donors (Lipinski definition) is 0. The van der Waals surface area contributed by atoms with Crippen molar-refractivity contribution >= 4 is 10.1 Å². The molecule has 0 bridgehead atoms. The van der Waals surface area contributed by atoms with Crippen molar-refractivity contribution in [2.75, 3.05) is 33.7 Å². The van der Waals surface area contributed by atoms with Gasteiger partial charge in [-0.15, -0.1) is 0 Å². The van der Waals surface area contributed by atoms with Crippen LogP contribution in [0.25, 0.3) is 0 Å². The molecule has 0 aliphatic heterocycles.